The van der Waals surface area contributed by atoms with E-state index >= 15 is 0 Å². The summed E-state index contributed by atoms with van der Waals surface area (Å²) in [4.78, 5) is -0.546. The molecule has 0 amide bonds. The molecule has 0 fully saturated rings. The first-order valence-corrected chi connectivity index (χ1v) is 9.14. The van der Waals surface area contributed by atoms with E-state index in [0.29, 0.717) is 17.5 Å². The number of benzene rings is 1. The average molecular weight is 405 g/mol. The van der Waals surface area contributed by atoms with Crippen molar-refractivity contribution in [2.45, 2.75) is 24.0 Å². The van der Waals surface area contributed by atoms with Gasteiger partial charge in [0.2, 0.25) is 10.0 Å². The maximum atomic E-state index is 13.0. The number of aromatic nitrogens is 3. The topological polar surface area (TPSA) is 76.4 Å². The van der Waals surface area contributed by atoms with Crippen molar-refractivity contribution in [2.75, 3.05) is 0 Å². The number of sulfonamides is 1. The Balaban J connectivity index is 1.94. The molecular weight excluding hydrogens is 393 g/mol. The number of fused-ring (bicyclic) bond motifs is 1. The molecule has 11 heteroatoms. The van der Waals surface area contributed by atoms with Crippen molar-refractivity contribution in [2.24, 2.45) is 0 Å². The van der Waals surface area contributed by atoms with Gasteiger partial charge in [0.25, 0.3) is 0 Å². The molecule has 1 atom stereocenters. The number of alkyl halides is 3. The van der Waals surface area contributed by atoms with E-state index in [1.165, 1.54) is 6.92 Å². The highest BCUT2D eigenvalue weighted by Gasteiger charge is 2.34. The molecule has 6 nitrogen and oxygen atoms in total. The van der Waals surface area contributed by atoms with Crippen molar-refractivity contribution in [3.63, 3.8) is 0 Å². The van der Waals surface area contributed by atoms with Crippen LogP contribution in [0.2, 0.25) is 5.02 Å². The van der Waals surface area contributed by atoms with E-state index in [9.17, 15) is 21.6 Å². The fourth-order valence-electron chi connectivity index (χ4n) is 2.40. The van der Waals surface area contributed by atoms with Gasteiger partial charge in [-0.3, -0.25) is 4.40 Å². The summed E-state index contributed by atoms with van der Waals surface area (Å²) in [7, 11) is -4.24. The van der Waals surface area contributed by atoms with Crippen LogP contribution in [0, 0.1) is 0 Å². The van der Waals surface area contributed by atoms with E-state index in [0.717, 1.165) is 12.1 Å². The second-order valence-electron chi connectivity index (χ2n) is 5.47. The second-order valence-corrected chi connectivity index (χ2v) is 7.59. The Kier molecular flexibility index (Phi) is 4.67. The van der Waals surface area contributed by atoms with Crippen molar-refractivity contribution in [1.82, 2.24) is 19.3 Å². The van der Waals surface area contributed by atoms with Gasteiger partial charge in [0, 0.05) is 6.20 Å². The summed E-state index contributed by atoms with van der Waals surface area (Å²) >= 11 is 5.53. The van der Waals surface area contributed by atoms with Gasteiger partial charge in [-0.15, -0.1) is 10.2 Å². The van der Waals surface area contributed by atoms with Crippen molar-refractivity contribution in [1.29, 1.82) is 0 Å². The zero-order valence-electron chi connectivity index (χ0n) is 13.2. The molecular formula is C15H12ClF3N4O2S. The minimum absolute atomic E-state index is 0.300. The van der Waals surface area contributed by atoms with Crippen LogP contribution in [0.1, 0.15) is 24.4 Å². The summed E-state index contributed by atoms with van der Waals surface area (Å²) in [5.74, 6) is 0.300. The monoisotopic (exact) mass is 404 g/mol. The molecule has 2 aromatic heterocycles. The van der Waals surface area contributed by atoms with Gasteiger partial charge in [-0.05, 0) is 37.3 Å². The SMILES string of the molecule is CC(NS(=O)(=O)c1ccc(Cl)c(C(F)(F)F)c1)c1nnc2ccccn12. The second kappa shape index (κ2) is 6.53. The predicted octanol–water partition coefficient (Wildman–Crippen LogP) is 3.44. The Bertz CT molecular complexity index is 1070. The van der Waals surface area contributed by atoms with E-state index in [1.54, 1.807) is 28.8 Å². The zero-order chi connectivity index (χ0) is 19.1. The Labute approximate surface area is 151 Å². The van der Waals surface area contributed by atoms with Gasteiger partial charge in [-0.1, -0.05) is 17.7 Å². The highest BCUT2D eigenvalue weighted by molar-refractivity contribution is 7.89. The maximum Gasteiger partial charge on any atom is 0.417 e. The number of halogens is 4. The van der Waals surface area contributed by atoms with Crippen LogP contribution in [0.3, 0.4) is 0 Å². The molecule has 1 unspecified atom stereocenters. The molecule has 3 rings (SSSR count). The molecule has 138 valence electrons. The molecule has 0 aliphatic rings. The lowest BCUT2D eigenvalue weighted by molar-refractivity contribution is -0.137. The largest absolute Gasteiger partial charge is 0.417 e. The van der Waals surface area contributed by atoms with Crippen LogP contribution >= 0.6 is 11.6 Å². The zero-order valence-corrected chi connectivity index (χ0v) is 14.8. The van der Waals surface area contributed by atoms with E-state index in [4.69, 9.17) is 11.6 Å². The quantitative estimate of drug-likeness (QED) is 0.722. The summed E-state index contributed by atoms with van der Waals surface area (Å²) < 4.78 is 67.7. The number of hydrogen-bond donors (Lipinski definition) is 1. The third-order valence-corrected chi connectivity index (χ3v) is 5.48. The summed E-state index contributed by atoms with van der Waals surface area (Å²) in [6.07, 6.45) is -3.11. The lowest BCUT2D eigenvalue weighted by atomic mass is 10.2. The molecule has 0 saturated carbocycles. The van der Waals surface area contributed by atoms with Gasteiger partial charge in [0.15, 0.2) is 11.5 Å². The van der Waals surface area contributed by atoms with Crippen molar-refractivity contribution < 1.29 is 21.6 Å². The predicted molar refractivity (Wildman–Crippen MR) is 88.2 cm³/mol. The van der Waals surface area contributed by atoms with Crippen LogP contribution in [0.4, 0.5) is 13.2 Å². The number of rotatable bonds is 4. The smallest absolute Gasteiger partial charge is 0.285 e. The van der Waals surface area contributed by atoms with Crippen LogP contribution in [0.15, 0.2) is 47.5 Å². The summed E-state index contributed by atoms with van der Waals surface area (Å²) in [5, 5.41) is 7.27. The van der Waals surface area contributed by atoms with E-state index in [1.807, 2.05) is 0 Å². The number of nitrogens with one attached hydrogen (secondary N) is 1. The first-order chi connectivity index (χ1) is 12.1. The standard InChI is InChI=1S/C15H12ClF3N4O2S/c1-9(14-21-20-13-4-2-3-7-23(13)14)22-26(24,25)10-5-6-12(16)11(8-10)15(17,18)19/h2-9,22H,1H3. The molecule has 0 bridgehead atoms. The summed E-state index contributed by atoms with van der Waals surface area (Å²) in [6.45, 7) is 1.52. The molecule has 2 heterocycles. The first kappa shape index (κ1) is 18.6. The van der Waals surface area contributed by atoms with Gasteiger partial charge >= 0.3 is 6.18 Å². The van der Waals surface area contributed by atoms with Gasteiger partial charge < -0.3 is 0 Å². The molecule has 0 aliphatic carbocycles. The van der Waals surface area contributed by atoms with Crippen LogP contribution < -0.4 is 4.72 Å². The van der Waals surface area contributed by atoms with E-state index < -0.39 is 37.7 Å². The Morgan fingerprint density at radius 1 is 1.19 bits per heavy atom. The lowest BCUT2D eigenvalue weighted by Gasteiger charge is -2.15. The number of hydrogen-bond acceptors (Lipinski definition) is 4. The van der Waals surface area contributed by atoms with Crippen LogP contribution in [0.25, 0.3) is 5.65 Å². The average Bonchev–Trinajstić information content (AvgIpc) is 2.97. The molecule has 0 aliphatic heterocycles. The molecule has 1 N–H and O–H groups in total. The van der Waals surface area contributed by atoms with Gasteiger partial charge in [-0.25, -0.2) is 13.1 Å². The molecule has 0 spiro atoms. The minimum Gasteiger partial charge on any atom is -0.285 e. The lowest BCUT2D eigenvalue weighted by Crippen LogP contribution is -2.28. The van der Waals surface area contributed by atoms with Crippen molar-refractivity contribution in [3.8, 4) is 0 Å². The maximum absolute atomic E-state index is 13.0. The van der Waals surface area contributed by atoms with Gasteiger partial charge in [-0.2, -0.15) is 13.2 Å². The van der Waals surface area contributed by atoms with E-state index in [2.05, 4.69) is 14.9 Å². The molecule has 0 radical (unpaired) electrons. The minimum atomic E-state index is -4.77. The van der Waals surface area contributed by atoms with Crippen LogP contribution in [0.5, 0.6) is 0 Å². The molecule has 26 heavy (non-hydrogen) atoms. The Hall–Kier alpha value is -2.17. The van der Waals surface area contributed by atoms with Crippen LogP contribution in [-0.2, 0) is 16.2 Å². The normalized spacial score (nSPS) is 13.9. The highest BCUT2D eigenvalue weighted by Crippen LogP contribution is 2.36. The third-order valence-electron chi connectivity index (χ3n) is 3.61. The number of pyridine rings is 1. The van der Waals surface area contributed by atoms with Gasteiger partial charge in [0.1, 0.15) is 0 Å². The fourth-order valence-corrected chi connectivity index (χ4v) is 3.85. The summed E-state index contributed by atoms with van der Waals surface area (Å²) in [6, 6.07) is 6.73. The van der Waals surface area contributed by atoms with Gasteiger partial charge in [0.05, 0.1) is 21.5 Å². The van der Waals surface area contributed by atoms with Crippen LogP contribution in [-0.4, -0.2) is 23.0 Å². The Morgan fingerprint density at radius 3 is 2.62 bits per heavy atom. The third kappa shape index (κ3) is 3.53. The molecule has 3 aromatic rings. The fraction of sp³-hybridized carbons (Fsp3) is 0.200. The molecule has 1 aromatic carbocycles. The molecule has 0 saturated heterocycles. The highest BCUT2D eigenvalue weighted by atomic mass is 35.5. The number of nitrogens with zero attached hydrogens (tertiary/aromatic N) is 3. The summed E-state index contributed by atoms with van der Waals surface area (Å²) in [5.41, 5.74) is -0.706. The van der Waals surface area contributed by atoms with Crippen molar-refractivity contribution >= 4 is 27.3 Å². The first-order valence-electron chi connectivity index (χ1n) is 7.28. The van der Waals surface area contributed by atoms with Crippen molar-refractivity contribution in [3.05, 3.63) is 59.0 Å². The Morgan fingerprint density at radius 2 is 1.92 bits per heavy atom. The van der Waals surface area contributed by atoms with E-state index in [-0.39, 0.29) is 0 Å².